The predicted molar refractivity (Wildman–Crippen MR) is 68.6 cm³/mol. The van der Waals surface area contributed by atoms with E-state index in [0.29, 0.717) is 12.1 Å². The van der Waals surface area contributed by atoms with Crippen molar-refractivity contribution in [3.63, 3.8) is 0 Å². The van der Waals surface area contributed by atoms with Gasteiger partial charge in [-0.3, -0.25) is 9.78 Å². The quantitative estimate of drug-likeness (QED) is 0.803. The lowest BCUT2D eigenvalue weighted by molar-refractivity contribution is 0.0983. The van der Waals surface area contributed by atoms with Crippen LogP contribution in [0.1, 0.15) is 30.3 Å². The first-order valence-corrected chi connectivity index (χ1v) is 6.26. The zero-order valence-corrected chi connectivity index (χ0v) is 10.3. The fourth-order valence-electron chi connectivity index (χ4n) is 2.02. The van der Waals surface area contributed by atoms with E-state index in [9.17, 15) is 4.79 Å². The lowest BCUT2D eigenvalue weighted by Crippen LogP contribution is -2.27. The summed E-state index contributed by atoms with van der Waals surface area (Å²) in [7, 11) is 0. The van der Waals surface area contributed by atoms with Crippen LogP contribution in [-0.2, 0) is 0 Å². The summed E-state index contributed by atoms with van der Waals surface area (Å²) in [5, 5.41) is 3.37. The van der Waals surface area contributed by atoms with Crippen LogP contribution in [0.25, 0.3) is 0 Å². The Morgan fingerprint density at radius 3 is 3.00 bits per heavy atom. The number of hydrogen-bond acceptors (Lipinski definition) is 4. The molecule has 1 N–H and O–H groups in total. The van der Waals surface area contributed by atoms with Crippen molar-refractivity contribution < 1.29 is 4.79 Å². The molecule has 2 rings (SSSR count). The number of ketones is 1. The van der Waals surface area contributed by atoms with Gasteiger partial charge in [0.2, 0.25) is 0 Å². The number of Topliss-reactive ketones (excluding diaryl/α,β-unsaturated/α-hetero) is 1. The second-order valence-corrected chi connectivity index (χ2v) is 4.27. The molecular formula is C13H19N3O. The fourth-order valence-corrected chi connectivity index (χ4v) is 2.02. The minimum Gasteiger partial charge on any atom is -0.369 e. The third-order valence-corrected chi connectivity index (χ3v) is 3.06. The number of carbonyl (C=O) groups is 1. The molecule has 0 aromatic carbocycles. The Balaban J connectivity index is 2.08. The number of pyridine rings is 1. The molecule has 0 aliphatic carbocycles. The number of aromatic nitrogens is 1. The molecule has 0 radical (unpaired) electrons. The highest BCUT2D eigenvalue weighted by Crippen LogP contribution is 2.14. The van der Waals surface area contributed by atoms with Crippen LogP contribution in [0.3, 0.4) is 0 Å². The van der Waals surface area contributed by atoms with Crippen molar-refractivity contribution in [1.82, 2.24) is 10.3 Å². The number of carbonyl (C=O) groups excluding carboxylic acids is 1. The highest BCUT2D eigenvalue weighted by atomic mass is 16.1. The zero-order valence-electron chi connectivity index (χ0n) is 10.3. The van der Waals surface area contributed by atoms with Gasteiger partial charge in [-0.2, -0.15) is 0 Å². The molecule has 1 saturated heterocycles. The lowest BCUT2D eigenvalue weighted by Gasteiger charge is -2.21. The standard InChI is InChI=1S/C13H19N3O/c1-2-13(17)12-5-4-11(10-15-12)16-8-3-6-14-7-9-16/h4-5,10,14H,2-3,6-9H2,1H3. The van der Waals surface area contributed by atoms with Crippen molar-refractivity contribution in [1.29, 1.82) is 0 Å². The molecule has 0 atom stereocenters. The van der Waals surface area contributed by atoms with Gasteiger partial charge in [0, 0.05) is 26.1 Å². The van der Waals surface area contributed by atoms with Gasteiger partial charge in [0.15, 0.2) is 5.78 Å². The molecule has 0 saturated carbocycles. The van der Waals surface area contributed by atoms with E-state index >= 15 is 0 Å². The van der Waals surface area contributed by atoms with Crippen molar-refractivity contribution in [2.45, 2.75) is 19.8 Å². The molecule has 17 heavy (non-hydrogen) atoms. The average Bonchev–Trinajstić information content (AvgIpc) is 2.67. The van der Waals surface area contributed by atoms with Crippen molar-refractivity contribution in [2.75, 3.05) is 31.1 Å². The molecule has 4 heteroatoms. The van der Waals surface area contributed by atoms with Crippen LogP contribution < -0.4 is 10.2 Å². The van der Waals surface area contributed by atoms with Crippen LogP contribution in [0, 0.1) is 0 Å². The molecule has 92 valence electrons. The summed E-state index contributed by atoms with van der Waals surface area (Å²) in [4.78, 5) is 18.0. The maximum atomic E-state index is 11.5. The molecule has 0 unspecified atom stereocenters. The van der Waals surface area contributed by atoms with E-state index in [-0.39, 0.29) is 5.78 Å². The first-order chi connectivity index (χ1) is 8.31. The Bertz CT molecular complexity index is 367. The van der Waals surface area contributed by atoms with Crippen LogP contribution in [0.4, 0.5) is 5.69 Å². The Hall–Kier alpha value is -1.42. The van der Waals surface area contributed by atoms with Crippen LogP contribution in [0.5, 0.6) is 0 Å². The van der Waals surface area contributed by atoms with E-state index in [1.165, 1.54) is 0 Å². The summed E-state index contributed by atoms with van der Waals surface area (Å²) < 4.78 is 0. The first-order valence-electron chi connectivity index (χ1n) is 6.26. The normalized spacial score (nSPS) is 16.6. The van der Waals surface area contributed by atoms with Gasteiger partial charge in [-0.1, -0.05) is 6.92 Å². The first kappa shape index (κ1) is 12.0. The third kappa shape index (κ3) is 3.03. The summed E-state index contributed by atoms with van der Waals surface area (Å²) in [5.41, 5.74) is 1.69. The molecule has 0 bridgehead atoms. The number of anilines is 1. The van der Waals surface area contributed by atoms with Crippen molar-refractivity contribution in [3.05, 3.63) is 24.0 Å². The molecule has 1 fully saturated rings. The topological polar surface area (TPSA) is 45.2 Å². The molecular weight excluding hydrogens is 214 g/mol. The van der Waals surface area contributed by atoms with Gasteiger partial charge >= 0.3 is 0 Å². The Kier molecular flexibility index (Phi) is 4.09. The predicted octanol–water partition coefficient (Wildman–Crippen LogP) is 1.47. The van der Waals surface area contributed by atoms with E-state index < -0.39 is 0 Å². The number of rotatable bonds is 3. The molecule has 1 aliphatic heterocycles. The van der Waals surface area contributed by atoms with Gasteiger partial charge < -0.3 is 10.2 Å². The van der Waals surface area contributed by atoms with Gasteiger partial charge in [-0.15, -0.1) is 0 Å². The van der Waals surface area contributed by atoms with Crippen molar-refractivity contribution >= 4 is 11.5 Å². The molecule has 0 amide bonds. The van der Waals surface area contributed by atoms with Gasteiger partial charge in [0.05, 0.1) is 11.9 Å². The third-order valence-electron chi connectivity index (χ3n) is 3.06. The molecule has 1 aromatic rings. The minimum absolute atomic E-state index is 0.106. The smallest absolute Gasteiger partial charge is 0.180 e. The monoisotopic (exact) mass is 233 g/mol. The second kappa shape index (κ2) is 5.77. The lowest BCUT2D eigenvalue weighted by atomic mass is 10.2. The SMILES string of the molecule is CCC(=O)c1ccc(N2CCCNCC2)cn1. The van der Waals surface area contributed by atoms with E-state index in [1.54, 1.807) is 0 Å². The maximum absolute atomic E-state index is 11.5. The minimum atomic E-state index is 0.106. The van der Waals surface area contributed by atoms with Crippen LogP contribution >= 0.6 is 0 Å². The van der Waals surface area contributed by atoms with Gasteiger partial charge in [0.25, 0.3) is 0 Å². The van der Waals surface area contributed by atoms with Crippen LogP contribution in [0.15, 0.2) is 18.3 Å². The summed E-state index contributed by atoms with van der Waals surface area (Å²) >= 11 is 0. The number of nitrogens with one attached hydrogen (secondary N) is 1. The second-order valence-electron chi connectivity index (χ2n) is 4.27. The molecule has 4 nitrogen and oxygen atoms in total. The highest BCUT2D eigenvalue weighted by molar-refractivity contribution is 5.94. The maximum Gasteiger partial charge on any atom is 0.180 e. The largest absolute Gasteiger partial charge is 0.369 e. The van der Waals surface area contributed by atoms with E-state index in [2.05, 4.69) is 15.2 Å². The summed E-state index contributed by atoms with van der Waals surface area (Å²) in [6.45, 7) is 6.00. The van der Waals surface area contributed by atoms with Crippen LogP contribution in [0.2, 0.25) is 0 Å². The number of hydrogen-bond donors (Lipinski definition) is 1. The average molecular weight is 233 g/mol. The Morgan fingerprint density at radius 2 is 2.29 bits per heavy atom. The highest BCUT2D eigenvalue weighted by Gasteiger charge is 2.10. The molecule has 1 aliphatic rings. The summed E-state index contributed by atoms with van der Waals surface area (Å²) in [6, 6.07) is 3.83. The molecule has 0 spiro atoms. The Labute approximate surface area is 102 Å². The zero-order chi connectivity index (χ0) is 12.1. The van der Waals surface area contributed by atoms with Gasteiger partial charge in [-0.25, -0.2) is 0 Å². The van der Waals surface area contributed by atoms with Crippen LogP contribution in [-0.4, -0.2) is 36.9 Å². The Morgan fingerprint density at radius 1 is 1.41 bits per heavy atom. The van der Waals surface area contributed by atoms with Crippen molar-refractivity contribution in [3.8, 4) is 0 Å². The van der Waals surface area contributed by atoms with E-state index in [0.717, 1.165) is 38.3 Å². The summed E-state index contributed by atoms with van der Waals surface area (Å²) in [5.74, 6) is 0.106. The van der Waals surface area contributed by atoms with E-state index in [1.807, 2.05) is 25.3 Å². The number of nitrogens with zero attached hydrogens (tertiary/aromatic N) is 2. The van der Waals surface area contributed by atoms with E-state index in [4.69, 9.17) is 0 Å². The van der Waals surface area contributed by atoms with Crippen molar-refractivity contribution in [2.24, 2.45) is 0 Å². The molecule has 1 aromatic heterocycles. The fraction of sp³-hybridized carbons (Fsp3) is 0.538. The van der Waals surface area contributed by atoms with Gasteiger partial charge in [0.1, 0.15) is 5.69 Å². The molecule has 2 heterocycles. The summed E-state index contributed by atoms with van der Waals surface area (Å²) in [6.07, 6.45) is 3.48. The van der Waals surface area contributed by atoms with Gasteiger partial charge in [-0.05, 0) is 25.1 Å².